The van der Waals surface area contributed by atoms with Crippen molar-refractivity contribution in [2.45, 2.75) is 51.7 Å². The zero-order valence-corrected chi connectivity index (χ0v) is 15.9. The maximum atomic E-state index is 4.48. The second-order valence-electron chi connectivity index (χ2n) is 7.67. The first-order chi connectivity index (χ1) is 12.1. The number of likely N-dealkylation sites (tertiary alicyclic amines) is 1. The molecule has 1 aromatic heterocycles. The van der Waals surface area contributed by atoms with Crippen LogP contribution in [0.5, 0.6) is 0 Å². The Hall–Kier alpha value is -1.65. The standard InChI is InChI=1S/C21H32N4/c1-18(2)25-16-20(14-22-25)15-24-12-7-10-21(17-24)23(3)13-11-19-8-5-4-6-9-19/h4-6,8-9,14,16,18,21H,7,10-13,15,17H2,1-3H3. The molecule has 1 aliphatic rings. The van der Waals surface area contributed by atoms with Crippen molar-refractivity contribution in [3.05, 3.63) is 53.9 Å². The van der Waals surface area contributed by atoms with Crippen LogP contribution in [0.15, 0.2) is 42.7 Å². The van der Waals surface area contributed by atoms with Gasteiger partial charge in [0.1, 0.15) is 0 Å². The average molecular weight is 341 g/mol. The Bertz CT molecular complexity index is 634. The molecule has 136 valence electrons. The number of rotatable bonds is 7. The van der Waals surface area contributed by atoms with Crippen LogP contribution in [0.25, 0.3) is 0 Å². The second-order valence-corrected chi connectivity index (χ2v) is 7.67. The van der Waals surface area contributed by atoms with Crippen LogP contribution in [0.2, 0.25) is 0 Å². The Morgan fingerprint density at radius 1 is 1.20 bits per heavy atom. The molecule has 4 heteroatoms. The zero-order valence-electron chi connectivity index (χ0n) is 15.9. The van der Waals surface area contributed by atoms with Gasteiger partial charge in [0, 0.05) is 43.5 Å². The zero-order chi connectivity index (χ0) is 17.6. The summed E-state index contributed by atoms with van der Waals surface area (Å²) in [5.74, 6) is 0. The van der Waals surface area contributed by atoms with E-state index in [1.165, 1.54) is 30.5 Å². The number of piperidine rings is 1. The molecular weight excluding hydrogens is 308 g/mol. The Balaban J connectivity index is 1.49. The van der Waals surface area contributed by atoms with Gasteiger partial charge in [0.25, 0.3) is 0 Å². The molecule has 4 nitrogen and oxygen atoms in total. The fourth-order valence-corrected chi connectivity index (χ4v) is 3.67. The molecule has 0 N–H and O–H groups in total. The fraction of sp³-hybridized carbons (Fsp3) is 0.571. The summed E-state index contributed by atoms with van der Waals surface area (Å²) in [4.78, 5) is 5.14. The lowest BCUT2D eigenvalue weighted by Gasteiger charge is -2.37. The van der Waals surface area contributed by atoms with Crippen LogP contribution in [-0.4, -0.2) is 52.3 Å². The van der Waals surface area contributed by atoms with Gasteiger partial charge in [-0.15, -0.1) is 0 Å². The maximum absolute atomic E-state index is 4.48. The number of hydrogen-bond acceptors (Lipinski definition) is 3. The molecular formula is C21H32N4. The molecule has 1 aliphatic heterocycles. The van der Waals surface area contributed by atoms with E-state index in [1.54, 1.807) is 0 Å². The molecule has 0 bridgehead atoms. The first kappa shape index (κ1) is 18.2. The third-order valence-electron chi connectivity index (χ3n) is 5.29. The van der Waals surface area contributed by atoms with Gasteiger partial charge in [-0.25, -0.2) is 0 Å². The molecule has 0 radical (unpaired) electrons. The lowest BCUT2D eigenvalue weighted by Crippen LogP contribution is -2.46. The van der Waals surface area contributed by atoms with Crippen LogP contribution in [0.4, 0.5) is 0 Å². The van der Waals surface area contributed by atoms with E-state index in [4.69, 9.17) is 0 Å². The van der Waals surface area contributed by atoms with Crippen LogP contribution >= 0.6 is 0 Å². The average Bonchev–Trinajstić information content (AvgIpc) is 3.09. The first-order valence-corrected chi connectivity index (χ1v) is 9.61. The molecule has 1 unspecified atom stereocenters. The van der Waals surface area contributed by atoms with E-state index in [-0.39, 0.29) is 0 Å². The summed E-state index contributed by atoms with van der Waals surface area (Å²) in [5.41, 5.74) is 2.77. The Morgan fingerprint density at radius 2 is 2.00 bits per heavy atom. The van der Waals surface area contributed by atoms with Crippen molar-refractivity contribution in [3.63, 3.8) is 0 Å². The fourth-order valence-electron chi connectivity index (χ4n) is 3.67. The van der Waals surface area contributed by atoms with Crippen LogP contribution in [0.1, 0.15) is 43.9 Å². The minimum atomic E-state index is 0.437. The van der Waals surface area contributed by atoms with Gasteiger partial charge in [0.15, 0.2) is 0 Å². The summed E-state index contributed by atoms with van der Waals surface area (Å²) in [7, 11) is 2.29. The number of likely N-dealkylation sites (N-methyl/N-ethyl adjacent to an activating group) is 1. The molecule has 25 heavy (non-hydrogen) atoms. The van der Waals surface area contributed by atoms with Crippen molar-refractivity contribution >= 4 is 0 Å². The van der Waals surface area contributed by atoms with E-state index in [9.17, 15) is 0 Å². The van der Waals surface area contributed by atoms with Crippen molar-refractivity contribution < 1.29 is 0 Å². The number of hydrogen-bond donors (Lipinski definition) is 0. The number of aromatic nitrogens is 2. The van der Waals surface area contributed by atoms with Crippen LogP contribution in [0.3, 0.4) is 0 Å². The van der Waals surface area contributed by atoms with E-state index in [0.717, 1.165) is 26.1 Å². The van der Waals surface area contributed by atoms with E-state index >= 15 is 0 Å². The van der Waals surface area contributed by atoms with Crippen LogP contribution < -0.4 is 0 Å². The van der Waals surface area contributed by atoms with Gasteiger partial charge in [-0.1, -0.05) is 30.3 Å². The number of benzene rings is 1. The largest absolute Gasteiger partial charge is 0.302 e. The van der Waals surface area contributed by atoms with Gasteiger partial charge in [-0.3, -0.25) is 9.58 Å². The Labute approximate surface area is 152 Å². The highest BCUT2D eigenvalue weighted by Gasteiger charge is 2.23. The van der Waals surface area contributed by atoms with Gasteiger partial charge in [-0.2, -0.15) is 5.10 Å². The quantitative estimate of drug-likeness (QED) is 0.770. The van der Waals surface area contributed by atoms with Crippen molar-refractivity contribution in [1.29, 1.82) is 0 Å². The predicted molar refractivity (Wildman–Crippen MR) is 104 cm³/mol. The molecule has 2 aromatic rings. The topological polar surface area (TPSA) is 24.3 Å². The van der Waals surface area contributed by atoms with Crippen LogP contribution in [0, 0.1) is 0 Å². The molecule has 1 fully saturated rings. The predicted octanol–water partition coefficient (Wildman–Crippen LogP) is 3.60. The lowest BCUT2D eigenvalue weighted by atomic mass is 10.0. The SMILES string of the molecule is CC(C)n1cc(CN2CCCC(N(C)CCc3ccccc3)C2)cn1. The van der Waals surface area contributed by atoms with Gasteiger partial charge >= 0.3 is 0 Å². The van der Waals surface area contributed by atoms with Gasteiger partial charge in [0.05, 0.1) is 6.20 Å². The van der Waals surface area contributed by atoms with Crippen LogP contribution in [-0.2, 0) is 13.0 Å². The summed E-state index contributed by atoms with van der Waals surface area (Å²) in [5, 5.41) is 4.48. The number of nitrogens with zero attached hydrogens (tertiary/aromatic N) is 4. The van der Waals surface area contributed by atoms with E-state index in [1.807, 2.05) is 6.20 Å². The molecule has 0 aliphatic carbocycles. The molecule has 1 saturated heterocycles. The summed E-state index contributed by atoms with van der Waals surface area (Å²) in [6.45, 7) is 8.88. The Morgan fingerprint density at radius 3 is 2.72 bits per heavy atom. The molecule has 0 amide bonds. The second kappa shape index (κ2) is 8.63. The summed E-state index contributed by atoms with van der Waals surface area (Å²) < 4.78 is 2.06. The maximum Gasteiger partial charge on any atom is 0.0534 e. The van der Waals surface area contributed by atoms with Crippen molar-refractivity contribution in [3.8, 4) is 0 Å². The Kier molecular flexibility index (Phi) is 6.27. The smallest absolute Gasteiger partial charge is 0.0534 e. The van der Waals surface area contributed by atoms with Crippen molar-refractivity contribution in [2.75, 3.05) is 26.7 Å². The minimum Gasteiger partial charge on any atom is -0.302 e. The molecule has 1 aromatic carbocycles. The molecule has 1 atom stereocenters. The van der Waals surface area contributed by atoms with E-state index < -0.39 is 0 Å². The minimum absolute atomic E-state index is 0.437. The van der Waals surface area contributed by atoms with Gasteiger partial charge in [-0.05, 0) is 52.3 Å². The van der Waals surface area contributed by atoms with E-state index in [2.05, 4.69) is 77.0 Å². The first-order valence-electron chi connectivity index (χ1n) is 9.61. The third kappa shape index (κ3) is 5.16. The highest BCUT2D eigenvalue weighted by Crippen LogP contribution is 2.18. The normalized spacial score (nSPS) is 19.0. The highest BCUT2D eigenvalue weighted by molar-refractivity contribution is 5.14. The van der Waals surface area contributed by atoms with Crippen molar-refractivity contribution in [1.82, 2.24) is 19.6 Å². The molecule has 0 saturated carbocycles. The highest BCUT2D eigenvalue weighted by atomic mass is 15.3. The molecule has 3 rings (SSSR count). The monoisotopic (exact) mass is 340 g/mol. The lowest BCUT2D eigenvalue weighted by molar-refractivity contribution is 0.112. The molecule has 0 spiro atoms. The van der Waals surface area contributed by atoms with Gasteiger partial charge in [0.2, 0.25) is 0 Å². The summed E-state index contributed by atoms with van der Waals surface area (Å²) in [6.07, 6.45) is 7.97. The van der Waals surface area contributed by atoms with Crippen molar-refractivity contribution in [2.24, 2.45) is 0 Å². The summed E-state index contributed by atoms with van der Waals surface area (Å²) >= 11 is 0. The van der Waals surface area contributed by atoms with Gasteiger partial charge < -0.3 is 4.90 Å². The third-order valence-corrected chi connectivity index (χ3v) is 5.29. The summed E-state index contributed by atoms with van der Waals surface area (Å²) in [6, 6.07) is 11.9. The molecule has 2 heterocycles. The van der Waals surface area contributed by atoms with E-state index in [0.29, 0.717) is 12.1 Å².